The van der Waals surface area contributed by atoms with Crippen LogP contribution >= 0.6 is 11.8 Å². The number of amides is 1. The highest BCUT2D eigenvalue weighted by atomic mass is 32.2. The Balaban J connectivity index is 1.27. The minimum Gasteiger partial charge on any atom is -0.497 e. The molecule has 212 valence electrons. The maximum atomic E-state index is 13.0. The number of hydrogen-bond donors (Lipinski definition) is 0. The van der Waals surface area contributed by atoms with Crippen LogP contribution in [0.25, 0.3) is 0 Å². The van der Waals surface area contributed by atoms with Crippen LogP contribution in [0.5, 0.6) is 5.75 Å². The fourth-order valence-corrected chi connectivity index (χ4v) is 5.70. The van der Waals surface area contributed by atoms with Crippen molar-refractivity contribution in [1.82, 2.24) is 14.9 Å². The quantitative estimate of drug-likeness (QED) is 0.299. The predicted octanol–water partition coefficient (Wildman–Crippen LogP) is 4.87. The molecule has 3 aromatic rings. The van der Waals surface area contributed by atoms with Gasteiger partial charge in [-0.1, -0.05) is 44.7 Å². The number of nitrogens with zero attached hydrogens (tertiary/aromatic N) is 5. The lowest BCUT2D eigenvalue weighted by Gasteiger charge is -2.37. The predicted molar refractivity (Wildman–Crippen MR) is 161 cm³/mol. The molecule has 2 saturated heterocycles. The fourth-order valence-electron chi connectivity index (χ4n) is 4.90. The fraction of sp³-hybridized carbons (Fsp3) is 0.452. The third-order valence-electron chi connectivity index (χ3n) is 7.34. The maximum Gasteiger partial charge on any atom is 0.254 e. The van der Waals surface area contributed by atoms with Crippen molar-refractivity contribution >= 4 is 29.2 Å². The summed E-state index contributed by atoms with van der Waals surface area (Å²) in [4.78, 5) is 29.5. The number of morpholine rings is 1. The van der Waals surface area contributed by atoms with E-state index in [1.165, 1.54) is 5.69 Å². The van der Waals surface area contributed by atoms with Crippen LogP contribution in [0.1, 0.15) is 42.4 Å². The molecule has 9 heteroatoms. The first kappa shape index (κ1) is 28.2. The lowest BCUT2D eigenvalue weighted by atomic mass is 9.92. The summed E-state index contributed by atoms with van der Waals surface area (Å²) in [6.07, 6.45) is 0. The summed E-state index contributed by atoms with van der Waals surface area (Å²) in [5.74, 6) is 2.62. The molecule has 1 amide bonds. The molecule has 0 unspecified atom stereocenters. The van der Waals surface area contributed by atoms with Crippen molar-refractivity contribution in [1.29, 1.82) is 0 Å². The first-order chi connectivity index (χ1) is 19.3. The molecule has 0 atom stereocenters. The second-order valence-electron chi connectivity index (χ2n) is 11.2. The number of rotatable bonds is 7. The van der Waals surface area contributed by atoms with Crippen LogP contribution in [0.3, 0.4) is 0 Å². The number of methoxy groups -OCH3 is 1. The van der Waals surface area contributed by atoms with Crippen molar-refractivity contribution in [3.8, 4) is 5.75 Å². The van der Waals surface area contributed by atoms with Gasteiger partial charge in [0.2, 0.25) is 0 Å². The minimum absolute atomic E-state index is 0.0669. The molecule has 0 N–H and O–H groups in total. The summed E-state index contributed by atoms with van der Waals surface area (Å²) in [7, 11) is 1.69. The smallest absolute Gasteiger partial charge is 0.254 e. The van der Waals surface area contributed by atoms with Gasteiger partial charge in [0.05, 0.1) is 26.0 Å². The Morgan fingerprint density at radius 1 is 0.925 bits per heavy atom. The van der Waals surface area contributed by atoms with Crippen molar-refractivity contribution < 1.29 is 14.3 Å². The molecule has 2 aliphatic rings. The van der Waals surface area contributed by atoms with Gasteiger partial charge in [0, 0.05) is 67.8 Å². The van der Waals surface area contributed by atoms with E-state index in [1.807, 2.05) is 35.2 Å². The number of ether oxygens (including phenoxy) is 2. The molecule has 0 radical (unpaired) electrons. The average molecular weight is 562 g/mol. The summed E-state index contributed by atoms with van der Waals surface area (Å²) in [6.45, 7) is 12.7. The third-order valence-corrected chi connectivity index (χ3v) is 8.26. The Labute approximate surface area is 241 Å². The second kappa shape index (κ2) is 12.5. The number of carbonyl (C=O) groups excluding carboxylic acids is 1. The van der Waals surface area contributed by atoms with E-state index in [4.69, 9.17) is 19.4 Å². The van der Waals surface area contributed by atoms with Gasteiger partial charge >= 0.3 is 0 Å². The van der Waals surface area contributed by atoms with Crippen molar-refractivity contribution in [2.45, 2.75) is 37.1 Å². The normalized spacial score (nSPS) is 16.2. The topological polar surface area (TPSA) is 71.0 Å². The molecule has 0 aliphatic carbocycles. The van der Waals surface area contributed by atoms with E-state index in [0.29, 0.717) is 32.1 Å². The van der Waals surface area contributed by atoms with E-state index in [0.717, 1.165) is 59.7 Å². The summed E-state index contributed by atoms with van der Waals surface area (Å²) >= 11 is 1.62. The number of benzene rings is 2. The molecule has 0 bridgehead atoms. The molecular weight excluding hydrogens is 522 g/mol. The first-order valence-electron chi connectivity index (χ1n) is 13.9. The number of carbonyl (C=O) groups is 1. The summed E-state index contributed by atoms with van der Waals surface area (Å²) in [5.41, 5.74) is 3.96. The lowest BCUT2D eigenvalue weighted by molar-refractivity contribution is 0.0303. The van der Waals surface area contributed by atoms with Gasteiger partial charge in [-0.15, -0.1) is 0 Å². The zero-order valence-electron chi connectivity index (χ0n) is 23.9. The van der Waals surface area contributed by atoms with Crippen LogP contribution in [0, 0.1) is 0 Å². The van der Waals surface area contributed by atoms with Gasteiger partial charge in [-0.2, -0.15) is 0 Å². The number of hydrogen-bond acceptors (Lipinski definition) is 8. The summed E-state index contributed by atoms with van der Waals surface area (Å²) in [6, 6.07) is 18.3. The Morgan fingerprint density at radius 3 is 2.30 bits per heavy atom. The molecule has 1 aromatic heterocycles. The number of aromatic nitrogens is 2. The molecule has 0 saturated carbocycles. The lowest BCUT2D eigenvalue weighted by Crippen LogP contribution is -2.47. The van der Waals surface area contributed by atoms with Crippen LogP contribution in [0.4, 0.5) is 11.5 Å². The molecule has 0 spiro atoms. The molecular formula is C31H39N5O3S. The van der Waals surface area contributed by atoms with Gasteiger partial charge < -0.3 is 24.2 Å². The van der Waals surface area contributed by atoms with E-state index in [-0.39, 0.29) is 11.3 Å². The molecule has 40 heavy (non-hydrogen) atoms. The van der Waals surface area contributed by atoms with E-state index in [2.05, 4.69) is 54.8 Å². The van der Waals surface area contributed by atoms with E-state index in [9.17, 15) is 4.79 Å². The average Bonchev–Trinajstić information content (AvgIpc) is 3.00. The van der Waals surface area contributed by atoms with E-state index < -0.39 is 0 Å². The van der Waals surface area contributed by atoms with E-state index >= 15 is 0 Å². The van der Waals surface area contributed by atoms with Crippen molar-refractivity contribution in [3.05, 3.63) is 71.4 Å². The van der Waals surface area contributed by atoms with Crippen LogP contribution < -0.4 is 14.5 Å². The number of anilines is 2. The Hall–Kier alpha value is -3.30. The van der Waals surface area contributed by atoms with Gasteiger partial charge in [0.1, 0.15) is 11.6 Å². The monoisotopic (exact) mass is 561 g/mol. The SMILES string of the molecule is COc1ccc(N2CCN(c3cc(C(C)(C)C)nc(SCc4cccc(C(=O)N5CCOCC5)c4)n3)CC2)cc1. The van der Waals surface area contributed by atoms with Gasteiger partial charge in [0.15, 0.2) is 5.16 Å². The Kier molecular flexibility index (Phi) is 8.81. The van der Waals surface area contributed by atoms with Crippen LogP contribution in [0.15, 0.2) is 59.8 Å². The van der Waals surface area contributed by atoms with Crippen LogP contribution in [0.2, 0.25) is 0 Å². The van der Waals surface area contributed by atoms with Crippen molar-refractivity contribution in [3.63, 3.8) is 0 Å². The first-order valence-corrected chi connectivity index (χ1v) is 14.9. The standard InChI is InChI=1S/C31H39N5O3S/c1-31(2,3)27-21-28(35-14-12-34(13-15-35)25-8-10-26(38-4)11-9-25)33-30(32-27)40-22-23-6-5-7-24(20-23)29(37)36-16-18-39-19-17-36/h5-11,20-21H,12-19,22H2,1-4H3. The van der Waals surface area contributed by atoms with Crippen LogP contribution in [-0.2, 0) is 15.9 Å². The molecule has 8 nitrogen and oxygen atoms in total. The van der Waals surface area contributed by atoms with Crippen molar-refractivity contribution in [2.75, 3.05) is 69.4 Å². The van der Waals surface area contributed by atoms with Gasteiger partial charge in [-0.05, 0) is 42.0 Å². The molecule has 3 heterocycles. The van der Waals surface area contributed by atoms with E-state index in [1.54, 1.807) is 18.9 Å². The molecule has 2 aliphatic heterocycles. The third kappa shape index (κ3) is 6.88. The summed E-state index contributed by atoms with van der Waals surface area (Å²) in [5, 5.41) is 0.768. The zero-order valence-corrected chi connectivity index (χ0v) is 24.7. The van der Waals surface area contributed by atoms with Gasteiger partial charge in [-0.3, -0.25) is 4.79 Å². The largest absolute Gasteiger partial charge is 0.497 e. The highest BCUT2D eigenvalue weighted by Gasteiger charge is 2.24. The second-order valence-corrected chi connectivity index (χ2v) is 12.2. The van der Waals surface area contributed by atoms with Gasteiger partial charge in [-0.25, -0.2) is 9.97 Å². The highest BCUT2D eigenvalue weighted by Crippen LogP contribution is 2.30. The summed E-state index contributed by atoms with van der Waals surface area (Å²) < 4.78 is 10.7. The number of thioether (sulfide) groups is 1. The molecule has 2 aromatic carbocycles. The van der Waals surface area contributed by atoms with Crippen LogP contribution in [-0.4, -0.2) is 80.4 Å². The van der Waals surface area contributed by atoms with Crippen molar-refractivity contribution in [2.24, 2.45) is 0 Å². The Bertz CT molecular complexity index is 1300. The maximum absolute atomic E-state index is 13.0. The minimum atomic E-state index is -0.0948. The van der Waals surface area contributed by atoms with Gasteiger partial charge in [0.25, 0.3) is 5.91 Å². The highest BCUT2D eigenvalue weighted by molar-refractivity contribution is 7.98. The Morgan fingerprint density at radius 2 is 1.62 bits per heavy atom. The molecule has 5 rings (SSSR count). The zero-order chi connectivity index (χ0) is 28.1. The molecule has 2 fully saturated rings. The number of piperazine rings is 1.